The first kappa shape index (κ1) is 15.4. The highest BCUT2D eigenvalue weighted by Crippen LogP contribution is 2.33. The minimum Gasteiger partial charge on any atom is -0.389 e. The lowest BCUT2D eigenvalue weighted by molar-refractivity contribution is 0.199. The Labute approximate surface area is 127 Å². The largest absolute Gasteiger partial charge is 0.389 e. The van der Waals surface area contributed by atoms with Crippen LogP contribution in [0.4, 0.5) is 5.69 Å². The van der Waals surface area contributed by atoms with Gasteiger partial charge >= 0.3 is 0 Å². The van der Waals surface area contributed by atoms with E-state index in [2.05, 4.69) is 31.7 Å². The molecule has 0 radical (unpaired) electrons. The average Bonchev–Trinajstić information content (AvgIpc) is 2.37. The van der Waals surface area contributed by atoms with Crippen molar-refractivity contribution in [3.63, 3.8) is 0 Å². The van der Waals surface area contributed by atoms with E-state index in [-0.39, 0.29) is 5.41 Å². The molecule has 1 heterocycles. The van der Waals surface area contributed by atoms with Crippen molar-refractivity contribution in [1.82, 2.24) is 0 Å². The van der Waals surface area contributed by atoms with Crippen LogP contribution >= 0.6 is 11.6 Å². The number of anilines is 1. The molecule has 1 aliphatic heterocycles. The summed E-state index contributed by atoms with van der Waals surface area (Å²) < 4.78 is 0. The van der Waals surface area contributed by atoms with Crippen LogP contribution in [0.5, 0.6) is 0 Å². The normalized spacial score (nSPS) is 17.9. The van der Waals surface area contributed by atoms with Crippen LogP contribution in [0, 0.1) is 5.41 Å². The lowest BCUT2D eigenvalue weighted by Gasteiger charge is -2.33. The molecule has 1 unspecified atom stereocenters. The van der Waals surface area contributed by atoms with Crippen LogP contribution in [-0.2, 0) is 0 Å². The summed E-state index contributed by atoms with van der Waals surface area (Å²) in [6.07, 6.45) is 2.91. The van der Waals surface area contributed by atoms with Crippen LogP contribution in [-0.4, -0.2) is 18.2 Å². The minimum absolute atomic E-state index is 0.264. The predicted molar refractivity (Wildman–Crippen MR) is 86.5 cm³/mol. The van der Waals surface area contributed by atoms with Crippen LogP contribution in [0.3, 0.4) is 0 Å². The molecule has 1 atom stereocenters. The quantitative estimate of drug-likeness (QED) is 0.807. The molecule has 2 rings (SSSR count). The molecule has 1 aromatic rings. The summed E-state index contributed by atoms with van der Waals surface area (Å²) in [6, 6.07) is 5.93. The van der Waals surface area contributed by atoms with E-state index in [9.17, 15) is 5.11 Å². The second kappa shape index (κ2) is 5.79. The molecule has 0 saturated heterocycles. The molecular weight excluding hydrogens is 270 g/mol. The summed E-state index contributed by atoms with van der Waals surface area (Å²) in [5, 5.41) is 10.3. The van der Waals surface area contributed by atoms with Crippen LogP contribution in [0.15, 0.2) is 29.8 Å². The highest BCUT2D eigenvalue weighted by molar-refractivity contribution is 6.31. The van der Waals surface area contributed by atoms with Gasteiger partial charge in [-0.05, 0) is 36.5 Å². The third kappa shape index (κ3) is 3.36. The zero-order valence-corrected chi connectivity index (χ0v) is 13.5. The summed E-state index contributed by atoms with van der Waals surface area (Å²) in [5.41, 5.74) is 3.71. The van der Waals surface area contributed by atoms with Gasteiger partial charge in [-0.2, -0.15) is 0 Å². The van der Waals surface area contributed by atoms with Crippen molar-refractivity contribution in [3.8, 4) is 0 Å². The maximum atomic E-state index is 9.62. The van der Waals surface area contributed by atoms with Gasteiger partial charge in [-0.1, -0.05) is 50.1 Å². The van der Waals surface area contributed by atoms with Gasteiger partial charge in [0, 0.05) is 23.8 Å². The Kier molecular flexibility index (Phi) is 4.46. The number of aliphatic hydroxyl groups is 1. The molecule has 1 aromatic carbocycles. The summed E-state index contributed by atoms with van der Waals surface area (Å²) >= 11 is 6.24. The number of nitrogens with zero attached hydrogens (tertiary/aromatic N) is 1. The number of hydrogen-bond donors (Lipinski definition) is 1. The van der Waals surface area contributed by atoms with Crippen LogP contribution in [0.1, 0.15) is 45.8 Å². The molecule has 1 N–H and O–H groups in total. The highest BCUT2D eigenvalue weighted by atomic mass is 35.5. The topological polar surface area (TPSA) is 23.5 Å². The third-order valence-corrected chi connectivity index (χ3v) is 4.30. The number of benzene rings is 1. The first-order chi connectivity index (χ1) is 9.29. The maximum Gasteiger partial charge on any atom is 0.0776 e. The third-order valence-electron chi connectivity index (χ3n) is 3.97. The van der Waals surface area contributed by atoms with Crippen molar-refractivity contribution >= 4 is 17.3 Å². The Morgan fingerprint density at radius 3 is 2.45 bits per heavy atom. The fraction of sp³-hybridized carbons (Fsp3) is 0.529. The van der Waals surface area contributed by atoms with Crippen molar-refractivity contribution in [2.24, 2.45) is 5.41 Å². The lowest BCUT2D eigenvalue weighted by atomic mass is 9.83. The van der Waals surface area contributed by atoms with Gasteiger partial charge in [0.2, 0.25) is 0 Å². The van der Waals surface area contributed by atoms with Crippen molar-refractivity contribution < 1.29 is 5.11 Å². The molecule has 0 bridgehead atoms. The second-order valence-corrected chi connectivity index (χ2v) is 6.96. The smallest absolute Gasteiger partial charge is 0.0776 e. The molecule has 20 heavy (non-hydrogen) atoms. The van der Waals surface area contributed by atoms with Gasteiger partial charge in [0.05, 0.1) is 6.10 Å². The average molecular weight is 294 g/mol. The second-order valence-electron chi connectivity index (χ2n) is 6.56. The molecule has 110 valence electrons. The van der Waals surface area contributed by atoms with E-state index in [1.807, 2.05) is 18.2 Å². The molecule has 2 nitrogen and oxygen atoms in total. The summed E-state index contributed by atoms with van der Waals surface area (Å²) in [6.45, 7) is 10.5. The van der Waals surface area contributed by atoms with E-state index in [1.165, 1.54) is 5.57 Å². The van der Waals surface area contributed by atoms with E-state index in [1.54, 1.807) is 6.92 Å². The van der Waals surface area contributed by atoms with Crippen molar-refractivity contribution in [2.45, 2.75) is 40.2 Å². The Morgan fingerprint density at radius 1 is 1.30 bits per heavy atom. The lowest BCUT2D eigenvalue weighted by Crippen LogP contribution is -2.31. The molecule has 0 aromatic heterocycles. The van der Waals surface area contributed by atoms with Crippen LogP contribution < -0.4 is 4.90 Å². The first-order valence-corrected chi connectivity index (χ1v) is 7.59. The van der Waals surface area contributed by atoms with Gasteiger partial charge in [0.25, 0.3) is 0 Å². The fourth-order valence-electron chi connectivity index (χ4n) is 2.64. The number of hydrogen-bond acceptors (Lipinski definition) is 2. The molecular formula is C17H24ClNO. The zero-order chi connectivity index (χ0) is 14.9. The molecule has 0 saturated carbocycles. The van der Waals surface area contributed by atoms with Gasteiger partial charge in [0.1, 0.15) is 0 Å². The number of halogens is 1. The molecule has 0 amide bonds. The van der Waals surface area contributed by atoms with Crippen LogP contribution in [0.25, 0.3) is 0 Å². The monoisotopic (exact) mass is 293 g/mol. The standard InChI is InChI=1S/C17H24ClNO/c1-12(20)15-6-5-14(11-16(15)18)19-9-7-13(8-10-19)17(2,3)4/h5-7,11-12,20H,8-10H2,1-4H3. The summed E-state index contributed by atoms with van der Waals surface area (Å²) in [4.78, 5) is 2.33. The first-order valence-electron chi connectivity index (χ1n) is 7.21. The van der Waals surface area contributed by atoms with Gasteiger partial charge < -0.3 is 10.0 Å². The maximum absolute atomic E-state index is 9.62. The van der Waals surface area contributed by atoms with E-state index in [0.717, 1.165) is 30.8 Å². The Balaban J connectivity index is 2.15. The highest BCUT2D eigenvalue weighted by Gasteiger charge is 2.21. The fourth-order valence-corrected chi connectivity index (χ4v) is 2.97. The molecule has 3 heteroatoms. The van der Waals surface area contributed by atoms with Crippen molar-refractivity contribution in [1.29, 1.82) is 0 Å². The van der Waals surface area contributed by atoms with Gasteiger partial charge in [-0.3, -0.25) is 0 Å². The van der Waals surface area contributed by atoms with Gasteiger partial charge in [-0.25, -0.2) is 0 Å². The van der Waals surface area contributed by atoms with E-state index >= 15 is 0 Å². The van der Waals surface area contributed by atoms with E-state index < -0.39 is 6.10 Å². The SMILES string of the molecule is CC(O)c1ccc(N2CC=C(C(C)(C)C)CC2)cc1Cl. The van der Waals surface area contributed by atoms with Gasteiger partial charge in [0.15, 0.2) is 0 Å². The number of rotatable bonds is 2. The van der Waals surface area contributed by atoms with E-state index in [4.69, 9.17) is 11.6 Å². The zero-order valence-electron chi connectivity index (χ0n) is 12.8. The molecule has 0 aliphatic carbocycles. The Hall–Kier alpha value is -0.990. The van der Waals surface area contributed by atoms with Gasteiger partial charge in [-0.15, -0.1) is 0 Å². The minimum atomic E-state index is -0.523. The number of aliphatic hydroxyl groups excluding tert-OH is 1. The Bertz CT molecular complexity index is 514. The Morgan fingerprint density at radius 2 is 2.00 bits per heavy atom. The van der Waals surface area contributed by atoms with E-state index in [0.29, 0.717) is 5.02 Å². The molecule has 0 fully saturated rings. The summed E-state index contributed by atoms with van der Waals surface area (Å²) in [7, 11) is 0. The summed E-state index contributed by atoms with van der Waals surface area (Å²) in [5.74, 6) is 0. The van der Waals surface area contributed by atoms with Crippen molar-refractivity contribution in [3.05, 3.63) is 40.4 Å². The molecule has 1 aliphatic rings. The van der Waals surface area contributed by atoms with Crippen molar-refractivity contribution in [2.75, 3.05) is 18.0 Å². The predicted octanol–water partition coefficient (Wildman–Crippen LogP) is 4.58. The molecule has 0 spiro atoms. The van der Waals surface area contributed by atoms with Crippen LogP contribution in [0.2, 0.25) is 5.02 Å².